The third-order valence-corrected chi connectivity index (χ3v) is 7.06. The maximum atomic E-state index is 13.2. The SMILES string of the molecule is CC[N+]1(C)CCCC1CNC(=O)N1c2ccccc2Sc2ccccc21.[I-]. The highest BCUT2D eigenvalue weighted by atomic mass is 127. The first kappa shape index (κ1) is 20.5. The number of nitrogens with one attached hydrogen (secondary N) is 1. The van der Waals surface area contributed by atoms with E-state index >= 15 is 0 Å². The molecule has 144 valence electrons. The van der Waals surface area contributed by atoms with Crippen LogP contribution in [0, 0.1) is 0 Å². The lowest BCUT2D eigenvalue weighted by molar-refractivity contribution is -0.918. The summed E-state index contributed by atoms with van der Waals surface area (Å²) >= 11 is 1.73. The molecule has 4 nitrogen and oxygen atoms in total. The fraction of sp³-hybridized carbons (Fsp3) is 0.381. The number of carbonyl (C=O) groups is 1. The molecule has 0 saturated carbocycles. The van der Waals surface area contributed by atoms with Crippen LogP contribution in [0.25, 0.3) is 0 Å². The van der Waals surface area contributed by atoms with E-state index in [-0.39, 0.29) is 30.0 Å². The molecule has 6 heteroatoms. The molecule has 1 N–H and O–H groups in total. The topological polar surface area (TPSA) is 32.3 Å². The molecule has 0 bridgehead atoms. The Morgan fingerprint density at radius 3 is 2.33 bits per heavy atom. The molecule has 27 heavy (non-hydrogen) atoms. The predicted molar refractivity (Wildman–Crippen MR) is 107 cm³/mol. The van der Waals surface area contributed by atoms with E-state index in [1.54, 1.807) is 11.8 Å². The number of halogens is 1. The number of fused-ring (bicyclic) bond motifs is 2. The molecule has 2 aliphatic heterocycles. The number of nitrogens with zero attached hydrogens (tertiary/aromatic N) is 2. The number of likely N-dealkylation sites (N-methyl/N-ethyl adjacent to an activating group) is 1. The van der Waals surface area contributed by atoms with Gasteiger partial charge in [-0.1, -0.05) is 36.0 Å². The first-order valence-electron chi connectivity index (χ1n) is 9.40. The quantitative estimate of drug-likeness (QED) is 0.519. The minimum Gasteiger partial charge on any atom is -1.00 e. The fourth-order valence-electron chi connectivity index (χ4n) is 4.13. The Morgan fingerprint density at radius 2 is 1.74 bits per heavy atom. The van der Waals surface area contributed by atoms with E-state index < -0.39 is 0 Å². The van der Waals surface area contributed by atoms with Crippen LogP contribution in [0.2, 0.25) is 0 Å². The molecule has 2 aliphatic rings. The van der Waals surface area contributed by atoms with Crippen LogP contribution >= 0.6 is 11.8 Å². The first-order valence-corrected chi connectivity index (χ1v) is 10.2. The number of quaternary nitrogens is 1. The van der Waals surface area contributed by atoms with Gasteiger partial charge in [0.25, 0.3) is 0 Å². The minimum absolute atomic E-state index is 0. The standard InChI is InChI=1S/C21H25N3OS.HI/c1-3-24(2)14-8-9-16(24)15-22-21(25)23-17-10-4-6-12-19(17)26-20-13-7-5-11-18(20)23;/h4-7,10-13,16H,3,8-9,14-15H2,1-2H3;1H. The van der Waals surface area contributed by atoms with Crippen molar-refractivity contribution in [2.75, 3.05) is 31.6 Å². The van der Waals surface area contributed by atoms with Crippen molar-refractivity contribution in [3.8, 4) is 0 Å². The second kappa shape index (κ2) is 8.41. The highest BCUT2D eigenvalue weighted by Gasteiger charge is 2.37. The van der Waals surface area contributed by atoms with Gasteiger partial charge in [-0.25, -0.2) is 4.79 Å². The average molecular weight is 495 g/mol. The van der Waals surface area contributed by atoms with Gasteiger partial charge in [0.15, 0.2) is 0 Å². The molecule has 2 aromatic rings. The zero-order chi connectivity index (χ0) is 18.1. The Labute approximate surface area is 182 Å². The summed E-state index contributed by atoms with van der Waals surface area (Å²) in [6.45, 7) is 5.31. The van der Waals surface area contributed by atoms with Gasteiger partial charge in [0.05, 0.1) is 38.1 Å². The lowest BCUT2D eigenvalue weighted by Crippen LogP contribution is -3.00. The number of para-hydroxylation sites is 2. The van der Waals surface area contributed by atoms with Gasteiger partial charge in [-0.15, -0.1) is 0 Å². The summed E-state index contributed by atoms with van der Waals surface area (Å²) < 4.78 is 1.06. The summed E-state index contributed by atoms with van der Waals surface area (Å²) in [5.74, 6) is 0. The largest absolute Gasteiger partial charge is 1.00 e. The molecule has 0 aliphatic carbocycles. The normalized spacial score (nSPS) is 23.2. The molecule has 2 atom stereocenters. The molecular formula is C21H26IN3OS. The van der Waals surface area contributed by atoms with E-state index in [9.17, 15) is 4.79 Å². The van der Waals surface area contributed by atoms with Crippen molar-refractivity contribution in [2.45, 2.75) is 35.6 Å². The van der Waals surface area contributed by atoms with Crippen molar-refractivity contribution in [1.82, 2.24) is 5.32 Å². The van der Waals surface area contributed by atoms with E-state index in [0.717, 1.165) is 38.7 Å². The molecule has 0 radical (unpaired) electrons. The zero-order valence-electron chi connectivity index (χ0n) is 15.8. The van der Waals surface area contributed by atoms with Crippen LogP contribution in [0.5, 0.6) is 0 Å². The fourth-order valence-corrected chi connectivity index (χ4v) is 5.19. The highest BCUT2D eigenvalue weighted by molar-refractivity contribution is 7.99. The maximum Gasteiger partial charge on any atom is 0.326 e. The number of urea groups is 1. The Balaban J connectivity index is 0.00000210. The van der Waals surface area contributed by atoms with Gasteiger partial charge in [0.2, 0.25) is 0 Å². The van der Waals surface area contributed by atoms with Crippen molar-refractivity contribution in [1.29, 1.82) is 0 Å². The van der Waals surface area contributed by atoms with Crippen LogP contribution in [0.4, 0.5) is 16.2 Å². The lowest BCUT2D eigenvalue weighted by Gasteiger charge is -2.36. The number of carbonyl (C=O) groups excluding carboxylic acids is 1. The van der Waals surface area contributed by atoms with E-state index in [1.165, 1.54) is 19.4 Å². The molecule has 0 aromatic heterocycles. The second-order valence-corrected chi connectivity index (χ2v) is 8.46. The monoisotopic (exact) mass is 495 g/mol. The summed E-state index contributed by atoms with van der Waals surface area (Å²) in [5.41, 5.74) is 1.93. The van der Waals surface area contributed by atoms with Gasteiger partial charge in [0.1, 0.15) is 6.04 Å². The number of hydrogen-bond acceptors (Lipinski definition) is 2. The van der Waals surface area contributed by atoms with Crippen LogP contribution in [-0.2, 0) is 0 Å². The Bertz CT molecular complexity index is 785. The number of anilines is 2. The van der Waals surface area contributed by atoms with E-state index in [0.29, 0.717) is 6.04 Å². The number of rotatable bonds is 3. The highest BCUT2D eigenvalue weighted by Crippen LogP contribution is 2.47. The van der Waals surface area contributed by atoms with Gasteiger partial charge in [-0.2, -0.15) is 0 Å². The van der Waals surface area contributed by atoms with E-state index in [1.807, 2.05) is 41.3 Å². The van der Waals surface area contributed by atoms with Crippen molar-refractivity contribution >= 4 is 29.2 Å². The summed E-state index contributed by atoms with van der Waals surface area (Å²) in [7, 11) is 2.31. The van der Waals surface area contributed by atoms with E-state index in [2.05, 4.69) is 31.4 Å². The maximum absolute atomic E-state index is 13.2. The Morgan fingerprint density at radius 1 is 1.15 bits per heavy atom. The first-order chi connectivity index (χ1) is 12.6. The van der Waals surface area contributed by atoms with Crippen molar-refractivity contribution in [2.24, 2.45) is 0 Å². The minimum atomic E-state index is -0.0280. The lowest BCUT2D eigenvalue weighted by atomic mass is 10.2. The van der Waals surface area contributed by atoms with Crippen LogP contribution in [0.3, 0.4) is 0 Å². The van der Waals surface area contributed by atoms with Crippen LogP contribution in [-0.4, -0.2) is 43.2 Å². The summed E-state index contributed by atoms with van der Waals surface area (Å²) in [6, 6.07) is 16.7. The van der Waals surface area contributed by atoms with Gasteiger partial charge in [-0.3, -0.25) is 4.90 Å². The zero-order valence-corrected chi connectivity index (χ0v) is 18.8. The van der Waals surface area contributed by atoms with Crippen LogP contribution in [0.1, 0.15) is 19.8 Å². The molecule has 2 heterocycles. The van der Waals surface area contributed by atoms with Crippen LogP contribution < -0.4 is 34.2 Å². The van der Waals surface area contributed by atoms with Gasteiger partial charge in [-0.05, 0) is 31.2 Å². The molecular weight excluding hydrogens is 469 g/mol. The summed E-state index contributed by atoms with van der Waals surface area (Å²) in [5, 5.41) is 3.23. The summed E-state index contributed by atoms with van der Waals surface area (Å²) in [4.78, 5) is 17.3. The number of benzene rings is 2. The molecule has 2 aromatic carbocycles. The number of likely N-dealkylation sites (tertiary alicyclic amines) is 1. The third-order valence-electron chi connectivity index (χ3n) is 5.93. The molecule has 4 rings (SSSR count). The van der Waals surface area contributed by atoms with Crippen molar-refractivity contribution < 1.29 is 33.3 Å². The smallest absolute Gasteiger partial charge is 0.326 e. The molecule has 1 saturated heterocycles. The molecule has 1 fully saturated rings. The van der Waals surface area contributed by atoms with Crippen molar-refractivity contribution in [3.05, 3.63) is 48.5 Å². The van der Waals surface area contributed by atoms with Gasteiger partial charge in [0, 0.05) is 22.6 Å². The van der Waals surface area contributed by atoms with Gasteiger partial charge >= 0.3 is 6.03 Å². The molecule has 2 unspecified atom stereocenters. The second-order valence-electron chi connectivity index (χ2n) is 7.37. The number of amides is 2. The van der Waals surface area contributed by atoms with E-state index in [4.69, 9.17) is 0 Å². The number of hydrogen-bond donors (Lipinski definition) is 1. The Kier molecular flexibility index (Phi) is 6.38. The summed E-state index contributed by atoms with van der Waals surface area (Å²) in [6.07, 6.45) is 2.44. The third kappa shape index (κ3) is 3.84. The average Bonchev–Trinajstić information content (AvgIpc) is 3.05. The molecule has 2 amide bonds. The predicted octanol–water partition coefficient (Wildman–Crippen LogP) is 1.63. The van der Waals surface area contributed by atoms with Crippen LogP contribution in [0.15, 0.2) is 58.3 Å². The van der Waals surface area contributed by atoms with Crippen molar-refractivity contribution in [3.63, 3.8) is 0 Å². The molecule has 0 spiro atoms. The Hall–Kier alpha value is -1.25. The van der Waals surface area contributed by atoms with Gasteiger partial charge < -0.3 is 33.8 Å².